The fraction of sp³-hybridized carbons (Fsp3) is 0.294. The average molecular weight is 579 g/mol. The zero-order chi connectivity index (χ0) is 28.4. The lowest BCUT2D eigenvalue weighted by atomic mass is 9.77. The predicted octanol–water partition coefficient (Wildman–Crippen LogP) is 5.91. The Hall–Kier alpha value is -3.91. The van der Waals surface area contributed by atoms with Gasteiger partial charge in [0, 0.05) is 37.6 Å². The van der Waals surface area contributed by atoms with E-state index in [1.54, 1.807) is 0 Å². The van der Waals surface area contributed by atoms with Gasteiger partial charge in [0.1, 0.15) is 17.9 Å². The van der Waals surface area contributed by atoms with E-state index >= 15 is 0 Å². The maximum absolute atomic E-state index is 13.6. The third-order valence-corrected chi connectivity index (χ3v) is 9.35. The summed E-state index contributed by atoms with van der Waals surface area (Å²) in [5, 5.41) is 1.62. The Balaban J connectivity index is 1.53. The van der Waals surface area contributed by atoms with Crippen molar-refractivity contribution < 1.29 is 9.47 Å². The number of fused-ring (bicyclic) bond motifs is 6. The number of aromatic nitrogens is 3. The Morgan fingerprint density at radius 1 is 0.976 bits per heavy atom. The lowest BCUT2D eigenvalue weighted by Gasteiger charge is -2.46. The molecule has 1 atom stereocenters. The third-order valence-electron chi connectivity index (χ3n) is 9.04. The number of hydrogen-bond acceptors (Lipinski definition) is 5. The van der Waals surface area contributed by atoms with Crippen molar-refractivity contribution in [1.29, 1.82) is 0 Å². The molecule has 1 saturated carbocycles. The van der Waals surface area contributed by atoms with Crippen LogP contribution >= 0.6 is 11.6 Å². The molecule has 2 aliphatic heterocycles. The first-order chi connectivity index (χ1) is 20.5. The fourth-order valence-electron chi connectivity index (χ4n) is 6.95. The summed E-state index contributed by atoms with van der Waals surface area (Å²) in [7, 11) is 2.04. The highest BCUT2D eigenvalue weighted by molar-refractivity contribution is 6.32. The smallest absolute Gasteiger partial charge is 0.251 e. The Morgan fingerprint density at radius 3 is 2.57 bits per heavy atom. The number of rotatable bonds is 3. The van der Waals surface area contributed by atoms with Crippen molar-refractivity contribution in [3.8, 4) is 16.9 Å². The molecule has 2 aromatic heterocycles. The Bertz CT molecular complexity index is 1900. The Labute approximate surface area is 248 Å². The van der Waals surface area contributed by atoms with Crippen molar-refractivity contribution >= 4 is 22.5 Å². The van der Waals surface area contributed by atoms with E-state index in [0.717, 1.165) is 70.3 Å². The van der Waals surface area contributed by atoms with Crippen LogP contribution in [-0.2, 0) is 23.9 Å². The molecule has 2 fully saturated rings. The van der Waals surface area contributed by atoms with Gasteiger partial charge in [-0.1, -0.05) is 41.9 Å². The number of aryl methyl sites for hydroxylation is 1. The SMILES string of the molecule is Cn1cncc1C1(N2CCOCC2)c2ccc(Cl)c(c2)OCc2cccc(c2)-c2cc(=O)n(C3CC3)c3ccc1cc23. The normalized spacial score (nSPS) is 20.5. The number of benzene rings is 3. The molecule has 4 heterocycles. The van der Waals surface area contributed by atoms with Crippen LogP contribution in [0.25, 0.3) is 22.0 Å². The molecule has 1 unspecified atom stereocenters. The van der Waals surface area contributed by atoms with Gasteiger partial charge >= 0.3 is 0 Å². The van der Waals surface area contributed by atoms with Crippen LogP contribution in [0.15, 0.2) is 84.0 Å². The van der Waals surface area contributed by atoms with Crippen LogP contribution in [0.5, 0.6) is 5.75 Å². The number of imidazole rings is 1. The number of halogens is 1. The fourth-order valence-corrected chi connectivity index (χ4v) is 7.12. The van der Waals surface area contributed by atoms with Gasteiger partial charge in [-0.3, -0.25) is 9.69 Å². The molecule has 8 rings (SSSR count). The molecule has 1 aliphatic carbocycles. The highest BCUT2D eigenvalue weighted by Crippen LogP contribution is 2.47. The van der Waals surface area contributed by atoms with Crippen LogP contribution in [0.4, 0.5) is 0 Å². The van der Waals surface area contributed by atoms with Gasteiger partial charge in [0.2, 0.25) is 0 Å². The van der Waals surface area contributed by atoms with Crippen molar-refractivity contribution in [2.75, 3.05) is 26.3 Å². The first-order valence-corrected chi connectivity index (χ1v) is 14.9. The molecule has 8 heteroatoms. The van der Waals surface area contributed by atoms with E-state index in [4.69, 9.17) is 21.1 Å². The summed E-state index contributed by atoms with van der Waals surface area (Å²) in [5.41, 5.74) is 6.38. The van der Waals surface area contributed by atoms with Crippen LogP contribution in [0.2, 0.25) is 5.02 Å². The van der Waals surface area contributed by atoms with Crippen LogP contribution in [0.1, 0.15) is 41.3 Å². The maximum atomic E-state index is 13.6. The minimum atomic E-state index is -0.726. The van der Waals surface area contributed by atoms with Gasteiger partial charge in [-0.15, -0.1) is 0 Å². The molecule has 212 valence electrons. The van der Waals surface area contributed by atoms with E-state index in [2.05, 4.69) is 56.9 Å². The van der Waals surface area contributed by atoms with Crippen LogP contribution < -0.4 is 10.3 Å². The number of morpholine rings is 1. The third kappa shape index (κ3) is 3.95. The van der Waals surface area contributed by atoms with Crippen LogP contribution in [-0.4, -0.2) is 45.3 Å². The zero-order valence-corrected chi connectivity index (χ0v) is 24.2. The zero-order valence-electron chi connectivity index (χ0n) is 23.4. The molecular weight excluding hydrogens is 548 g/mol. The number of hydrogen-bond donors (Lipinski definition) is 0. The molecular formula is C34H31ClN4O3. The van der Waals surface area contributed by atoms with Crippen molar-refractivity contribution in [2.45, 2.75) is 31.0 Å². The summed E-state index contributed by atoms with van der Waals surface area (Å²) in [4.78, 5) is 20.7. The molecule has 1 saturated heterocycles. The van der Waals surface area contributed by atoms with E-state index < -0.39 is 5.54 Å². The summed E-state index contributed by atoms with van der Waals surface area (Å²) >= 11 is 6.76. The monoisotopic (exact) mass is 578 g/mol. The van der Waals surface area contributed by atoms with E-state index in [1.165, 1.54) is 0 Å². The second kappa shape index (κ2) is 9.83. The van der Waals surface area contributed by atoms with Gasteiger partial charge < -0.3 is 18.6 Å². The summed E-state index contributed by atoms with van der Waals surface area (Å²) in [6.07, 6.45) is 5.88. The van der Waals surface area contributed by atoms with E-state index in [0.29, 0.717) is 30.6 Å². The molecule has 6 bridgehead atoms. The minimum absolute atomic E-state index is 0.0447. The summed E-state index contributed by atoms with van der Waals surface area (Å²) in [6, 6.07) is 23.1. The van der Waals surface area contributed by atoms with Gasteiger partial charge in [0.15, 0.2) is 0 Å². The largest absolute Gasteiger partial charge is 0.487 e. The molecule has 0 radical (unpaired) electrons. The number of pyridine rings is 1. The summed E-state index contributed by atoms with van der Waals surface area (Å²) in [6.45, 7) is 3.08. The van der Waals surface area contributed by atoms with Crippen LogP contribution in [0.3, 0.4) is 0 Å². The average Bonchev–Trinajstić information content (AvgIpc) is 3.76. The van der Waals surface area contributed by atoms with E-state index in [9.17, 15) is 4.79 Å². The molecule has 3 aromatic carbocycles. The Morgan fingerprint density at radius 2 is 1.79 bits per heavy atom. The van der Waals surface area contributed by atoms with Crippen LogP contribution in [0, 0.1) is 0 Å². The first-order valence-electron chi connectivity index (χ1n) is 14.6. The summed E-state index contributed by atoms with van der Waals surface area (Å²) < 4.78 is 16.4. The van der Waals surface area contributed by atoms with Crippen molar-refractivity contribution in [3.05, 3.63) is 117 Å². The van der Waals surface area contributed by atoms with Gasteiger partial charge in [-0.2, -0.15) is 0 Å². The van der Waals surface area contributed by atoms with Gasteiger partial charge in [0.25, 0.3) is 5.56 Å². The topological polar surface area (TPSA) is 61.5 Å². The first kappa shape index (κ1) is 25.8. The second-order valence-corrected chi connectivity index (χ2v) is 12.0. The molecule has 7 nitrogen and oxygen atoms in total. The lowest BCUT2D eigenvalue weighted by Crippen LogP contribution is -2.53. The van der Waals surface area contributed by atoms with Crippen molar-refractivity contribution in [1.82, 2.24) is 19.0 Å². The van der Waals surface area contributed by atoms with Crippen molar-refractivity contribution in [2.24, 2.45) is 7.05 Å². The predicted molar refractivity (Wildman–Crippen MR) is 163 cm³/mol. The molecule has 5 aromatic rings. The molecule has 3 aliphatic rings. The van der Waals surface area contributed by atoms with Gasteiger partial charge in [-0.05, 0) is 71.0 Å². The highest BCUT2D eigenvalue weighted by Gasteiger charge is 2.45. The molecule has 0 N–H and O–H groups in total. The van der Waals surface area contributed by atoms with Gasteiger partial charge in [0.05, 0.1) is 42.0 Å². The number of nitrogens with zero attached hydrogens (tertiary/aromatic N) is 4. The van der Waals surface area contributed by atoms with Crippen molar-refractivity contribution in [3.63, 3.8) is 0 Å². The summed E-state index contributed by atoms with van der Waals surface area (Å²) in [5.74, 6) is 0.630. The molecule has 42 heavy (non-hydrogen) atoms. The quantitative estimate of drug-likeness (QED) is 0.266. The lowest BCUT2D eigenvalue weighted by molar-refractivity contribution is 0.000376. The van der Waals surface area contributed by atoms with E-state index in [-0.39, 0.29) is 11.6 Å². The highest BCUT2D eigenvalue weighted by atomic mass is 35.5. The second-order valence-electron chi connectivity index (χ2n) is 11.6. The molecule has 0 amide bonds. The van der Waals surface area contributed by atoms with E-state index in [1.807, 2.05) is 48.4 Å². The molecule has 0 spiro atoms. The Kier molecular flexibility index (Phi) is 6.03. The number of ether oxygens (including phenoxy) is 2. The standard InChI is InChI=1S/C34H31ClN4O3/c1-37-21-36-19-32(37)34(38-11-13-41-14-12-38)24-6-10-30-28(16-24)27(18-33(40)39(30)26-7-8-26)23-4-2-3-22(15-23)20-42-31-17-25(34)5-9-29(31)35/h2-6,9-10,15-19,21,26H,7-8,11-14,20H2,1H3. The van der Waals surface area contributed by atoms with Gasteiger partial charge in [-0.25, -0.2) is 4.98 Å². The maximum Gasteiger partial charge on any atom is 0.251 e. The minimum Gasteiger partial charge on any atom is -0.487 e.